The van der Waals surface area contributed by atoms with Crippen LogP contribution in [0.4, 0.5) is 0 Å². The molecule has 13 heteroatoms. The summed E-state index contributed by atoms with van der Waals surface area (Å²) in [5, 5.41) is 0. The summed E-state index contributed by atoms with van der Waals surface area (Å²) in [5.41, 5.74) is 7.64. The van der Waals surface area contributed by atoms with Crippen molar-refractivity contribution in [1.82, 2.24) is 9.97 Å². The van der Waals surface area contributed by atoms with Crippen LogP contribution in [0.1, 0.15) is 27.7 Å². The minimum absolute atomic E-state index is 0.00107. The number of nitrogens with zero attached hydrogens (tertiary/aromatic N) is 2. The van der Waals surface area contributed by atoms with E-state index < -0.39 is 54.6 Å². The molecule has 3 unspecified atom stereocenters. The molecule has 5 atom stereocenters. The first kappa shape index (κ1) is 40.2. The predicted molar refractivity (Wildman–Crippen MR) is 207 cm³/mol. The third kappa shape index (κ3) is 10.5. The first-order chi connectivity index (χ1) is 27.6. The molecule has 1 aliphatic heterocycles. The highest BCUT2D eigenvalue weighted by Gasteiger charge is 2.52. The molecule has 294 valence electrons. The van der Waals surface area contributed by atoms with E-state index in [1.165, 1.54) is 13.8 Å². The molecule has 57 heavy (non-hydrogen) atoms. The SMILES string of the molecule is CC(=O)OCC1O[C@@H](OCCOc2c(-c3ccc(-c4ccncc4)cc3)cccc2-c2ccc(-c3ccncc3)cc2)C(OC(C)=O)C(OC(C)=O)[C@@H]1OC(C)=O. The average Bonchev–Trinajstić information content (AvgIpc) is 3.21. The summed E-state index contributed by atoms with van der Waals surface area (Å²) in [6, 6.07) is 30.0. The van der Waals surface area contributed by atoms with Gasteiger partial charge in [-0.3, -0.25) is 29.1 Å². The molecular weight excluding hydrogens is 732 g/mol. The predicted octanol–water partition coefficient (Wildman–Crippen LogP) is 6.62. The third-order valence-corrected chi connectivity index (χ3v) is 8.99. The van der Waals surface area contributed by atoms with Crippen LogP contribution in [0, 0.1) is 0 Å². The highest BCUT2D eigenvalue weighted by atomic mass is 16.7. The Bertz CT molecular complexity index is 2040. The zero-order valence-electron chi connectivity index (χ0n) is 31.9. The molecule has 0 saturated carbocycles. The molecule has 0 spiro atoms. The molecule has 5 aromatic rings. The number of carbonyl (C=O) groups is 4. The Kier molecular flexibility index (Phi) is 13.4. The van der Waals surface area contributed by atoms with Gasteiger partial charge in [-0.2, -0.15) is 0 Å². The molecule has 6 rings (SSSR count). The highest BCUT2D eigenvalue weighted by molar-refractivity contribution is 5.84. The normalized spacial score (nSPS) is 18.8. The quantitative estimate of drug-likeness (QED) is 0.0674. The van der Waals surface area contributed by atoms with Crippen LogP contribution in [0.15, 0.2) is 116 Å². The standard InChI is InChI=1S/C44H42N2O11/c1-27(47)53-26-39-41(54-28(2)48)42(55-29(3)49)43(56-30(4)50)44(57-39)52-25-24-51-40-37(35-12-8-31(9-13-35)33-16-20-45-21-17-33)6-5-7-38(40)36-14-10-32(11-15-36)34-18-22-46-23-19-34/h5-23,39,41-44H,24-26H2,1-4H3/t39?,41-,42?,43?,44-/m1/s1. The second kappa shape index (κ2) is 18.9. The van der Waals surface area contributed by atoms with E-state index in [1.54, 1.807) is 24.8 Å². The lowest BCUT2D eigenvalue weighted by Crippen LogP contribution is -2.63. The number of esters is 4. The second-order valence-corrected chi connectivity index (χ2v) is 13.1. The number of carbonyl (C=O) groups excluding carboxylic acids is 4. The number of hydrogen-bond acceptors (Lipinski definition) is 13. The third-order valence-electron chi connectivity index (χ3n) is 8.99. The molecule has 1 aliphatic rings. The van der Waals surface area contributed by atoms with Crippen LogP contribution < -0.4 is 4.74 Å². The van der Waals surface area contributed by atoms with Crippen molar-refractivity contribution in [3.63, 3.8) is 0 Å². The fourth-order valence-corrected chi connectivity index (χ4v) is 6.55. The van der Waals surface area contributed by atoms with Crippen LogP contribution in [0.25, 0.3) is 44.5 Å². The Morgan fingerprint density at radius 2 is 0.965 bits per heavy atom. The molecule has 2 aromatic heterocycles. The van der Waals surface area contributed by atoms with Gasteiger partial charge in [-0.1, -0.05) is 66.7 Å². The number of ether oxygens (including phenoxy) is 7. The monoisotopic (exact) mass is 774 g/mol. The van der Waals surface area contributed by atoms with Crippen molar-refractivity contribution in [2.45, 2.75) is 58.4 Å². The highest BCUT2D eigenvalue weighted by Crippen LogP contribution is 2.40. The first-order valence-corrected chi connectivity index (χ1v) is 18.3. The van der Waals surface area contributed by atoms with E-state index in [4.69, 9.17) is 33.2 Å². The van der Waals surface area contributed by atoms with Crippen molar-refractivity contribution < 1.29 is 52.3 Å². The lowest BCUT2D eigenvalue weighted by Gasteiger charge is -2.44. The minimum atomic E-state index is -1.36. The van der Waals surface area contributed by atoms with Gasteiger partial charge in [0.05, 0.1) is 6.61 Å². The van der Waals surface area contributed by atoms with Gasteiger partial charge < -0.3 is 33.2 Å². The van der Waals surface area contributed by atoms with Crippen molar-refractivity contribution in [2.75, 3.05) is 19.8 Å². The summed E-state index contributed by atoms with van der Waals surface area (Å²) in [5.74, 6) is -2.22. The molecule has 0 radical (unpaired) electrons. The lowest BCUT2D eigenvalue weighted by atomic mass is 9.95. The Morgan fingerprint density at radius 1 is 0.526 bits per heavy atom. The fraction of sp³-hybridized carbons (Fsp3) is 0.273. The molecule has 1 saturated heterocycles. The number of aromatic nitrogens is 2. The Hall–Kier alpha value is -6.44. The summed E-state index contributed by atoms with van der Waals surface area (Å²) in [6.45, 7) is 4.23. The molecule has 0 N–H and O–H groups in total. The van der Waals surface area contributed by atoms with E-state index >= 15 is 0 Å². The average molecular weight is 775 g/mol. The molecule has 3 heterocycles. The smallest absolute Gasteiger partial charge is 0.303 e. The first-order valence-electron chi connectivity index (χ1n) is 18.3. The summed E-state index contributed by atoms with van der Waals surface area (Å²) < 4.78 is 40.5. The number of rotatable bonds is 14. The Morgan fingerprint density at radius 3 is 1.44 bits per heavy atom. The fourth-order valence-electron chi connectivity index (χ4n) is 6.55. The minimum Gasteiger partial charge on any atom is -0.490 e. The molecular formula is C44H42N2O11. The van der Waals surface area contributed by atoms with Crippen LogP contribution in [-0.4, -0.2) is 84.4 Å². The van der Waals surface area contributed by atoms with Crippen LogP contribution in [0.3, 0.4) is 0 Å². The van der Waals surface area contributed by atoms with Gasteiger partial charge in [0.15, 0.2) is 24.6 Å². The second-order valence-electron chi connectivity index (χ2n) is 13.1. The van der Waals surface area contributed by atoms with Gasteiger partial charge >= 0.3 is 23.9 Å². The van der Waals surface area contributed by atoms with E-state index in [0.717, 1.165) is 58.4 Å². The topological polar surface area (TPSA) is 159 Å². The van der Waals surface area contributed by atoms with E-state index in [9.17, 15) is 19.2 Å². The number of pyridine rings is 2. The van der Waals surface area contributed by atoms with Crippen LogP contribution in [0.5, 0.6) is 5.75 Å². The van der Waals surface area contributed by atoms with Crippen LogP contribution in [0.2, 0.25) is 0 Å². The van der Waals surface area contributed by atoms with Gasteiger partial charge in [0.25, 0.3) is 0 Å². The van der Waals surface area contributed by atoms with Gasteiger partial charge in [0.1, 0.15) is 25.1 Å². The summed E-state index contributed by atoms with van der Waals surface area (Å²) >= 11 is 0. The maximum absolute atomic E-state index is 12.3. The largest absolute Gasteiger partial charge is 0.490 e. The molecule has 13 nitrogen and oxygen atoms in total. The van der Waals surface area contributed by atoms with Gasteiger partial charge in [0.2, 0.25) is 0 Å². The Balaban J connectivity index is 1.29. The summed E-state index contributed by atoms with van der Waals surface area (Å²) in [7, 11) is 0. The van der Waals surface area contributed by atoms with Gasteiger partial charge in [-0.05, 0) is 57.6 Å². The van der Waals surface area contributed by atoms with Crippen LogP contribution >= 0.6 is 0 Å². The van der Waals surface area contributed by atoms with Crippen molar-refractivity contribution in [1.29, 1.82) is 0 Å². The zero-order chi connectivity index (χ0) is 40.3. The molecule has 0 aliphatic carbocycles. The number of hydrogen-bond donors (Lipinski definition) is 0. The van der Waals surface area contributed by atoms with E-state index in [2.05, 4.69) is 9.97 Å². The maximum Gasteiger partial charge on any atom is 0.303 e. The van der Waals surface area contributed by atoms with E-state index in [1.807, 2.05) is 91.0 Å². The molecule has 3 aromatic carbocycles. The van der Waals surface area contributed by atoms with Crippen molar-refractivity contribution in [2.24, 2.45) is 0 Å². The lowest BCUT2D eigenvalue weighted by molar-refractivity contribution is -0.308. The molecule has 0 amide bonds. The van der Waals surface area contributed by atoms with Crippen molar-refractivity contribution >= 4 is 23.9 Å². The van der Waals surface area contributed by atoms with E-state index in [-0.39, 0.29) is 19.8 Å². The van der Waals surface area contributed by atoms with E-state index in [0.29, 0.717) is 5.75 Å². The Labute approximate surface area is 329 Å². The van der Waals surface area contributed by atoms with Crippen molar-refractivity contribution in [3.05, 3.63) is 116 Å². The summed E-state index contributed by atoms with van der Waals surface area (Å²) in [6.07, 6.45) is 0.520. The maximum atomic E-state index is 12.3. The molecule has 0 bridgehead atoms. The molecule has 1 fully saturated rings. The van der Waals surface area contributed by atoms with Gasteiger partial charge in [-0.25, -0.2) is 0 Å². The van der Waals surface area contributed by atoms with Crippen LogP contribution in [-0.2, 0) is 47.6 Å². The van der Waals surface area contributed by atoms with Crippen molar-refractivity contribution in [3.8, 4) is 50.3 Å². The number of benzene rings is 3. The zero-order valence-corrected chi connectivity index (χ0v) is 31.9. The number of para-hydroxylation sites is 1. The van der Waals surface area contributed by atoms with Gasteiger partial charge in [-0.15, -0.1) is 0 Å². The summed E-state index contributed by atoms with van der Waals surface area (Å²) in [4.78, 5) is 56.7. The van der Waals surface area contributed by atoms with Gasteiger partial charge in [0, 0.05) is 63.6 Å².